The van der Waals surface area contributed by atoms with Crippen molar-refractivity contribution < 1.29 is 9.18 Å². The molecule has 1 aliphatic heterocycles. The molecule has 1 unspecified atom stereocenters. The highest BCUT2D eigenvalue weighted by Gasteiger charge is 2.28. The Bertz CT molecular complexity index is 448. The summed E-state index contributed by atoms with van der Waals surface area (Å²) in [6.45, 7) is 3.92. The fourth-order valence-corrected chi connectivity index (χ4v) is 2.03. The summed E-state index contributed by atoms with van der Waals surface area (Å²) in [5.41, 5.74) is 1.23. The van der Waals surface area contributed by atoms with E-state index in [0.717, 1.165) is 5.69 Å². The zero-order valence-corrected chi connectivity index (χ0v) is 10.6. The summed E-state index contributed by atoms with van der Waals surface area (Å²) in [7, 11) is 0. The van der Waals surface area contributed by atoms with Crippen LogP contribution in [0.3, 0.4) is 0 Å². The number of anilines is 2. The van der Waals surface area contributed by atoms with E-state index in [1.807, 2.05) is 13.8 Å². The average Bonchev–Trinajstić information content (AvgIpc) is 2.19. The number of hydrogen-bond donors (Lipinski definition) is 2. The highest BCUT2D eigenvalue weighted by atomic mass is 79.9. The van der Waals surface area contributed by atoms with Gasteiger partial charge in [-0.15, -0.1) is 0 Å². The van der Waals surface area contributed by atoms with E-state index in [1.54, 1.807) is 6.07 Å². The van der Waals surface area contributed by atoms with E-state index in [9.17, 15) is 9.18 Å². The molecule has 0 fully saturated rings. The molecule has 86 valence electrons. The molecule has 1 aliphatic rings. The Morgan fingerprint density at radius 1 is 1.38 bits per heavy atom. The minimum Gasteiger partial charge on any atom is -0.372 e. The van der Waals surface area contributed by atoms with Crippen LogP contribution in [0.1, 0.15) is 13.8 Å². The Morgan fingerprint density at radius 3 is 2.69 bits per heavy atom. The minimum atomic E-state index is -0.385. The third kappa shape index (κ3) is 1.91. The van der Waals surface area contributed by atoms with Gasteiger partial charge < -0.3 is 10.6 Å². The molecule has 0 radical (unpaired) electrons. The number of carbonyl (C=O) groups is 1. The molecule has 5 heteroatoms. The maximum absolute atomic E-state index is 13.3. The second kappa shape index (κ2) is 4.05. The zero-order valence-electron chi connectivity index (χ0n) is 8.97. The first-order chi connectivity index (χ1) is 7.49. The van der Waals surface area contributed by atoms with Gasteiger partial charge in [-0.2, -0.15) is 0 Å². The number of halogens is 2. The van der Waals surface area contributed by atoms with Gasteiger partial charge in [0.05, 0.1) is 15.8 Å². The molecule has 0 saturated carbocycles. The molecule has 16 heavy (non-hydrogen) atoms. The Hall–Kier alpha value is -1.10. The lowest BCUT2D eigenvalue weighted by atomic mass is 10.0. The van der Waals surface area contributed by atoms with Crippen molar-refractivity contribution in [1.29, 1.82) is 0 Å². The van der Waals surface area contributed by atoms with Gasteiger partial charge in [0.25, 0.3) is 0 Å². The summed E-state index contributed by atoms with van der Waals surface area (Å²) < 4.78 is 13.6. The van der Waals surface area contributed by atoms with E-state index in [1.165, 1.54) is 6.07 Å². The van der Waals surface area contributed by atoms with Crippen LogP contribution in [0.5, 0.6) is 0 Å². The number of amides is 1. The maximum Gasteiger partial charge on any atom is 0.247 e. The predicted octanol–water partition coefficient (Wildman–Crippen LogP) is 2.98. The molecule has 1 atom stereocenters. The lowest BCUT2D eigenvalue weighted by Crippen LogP contribution is -2.42. The van der Waals surface area contributed by atoms with E-state index in [-0.39, 0.29) is 23.7 Å². The van der Waals surface area contributed by atoms with Gasteiger partial charge in [0.1, 0.15) is 11.9 Å². The quantitative estimate of drug-likeness (QED) is 0.833. The van der Waals surface area contributed by atoms with Crippen LogP contribution >= 0.6 is 15.9 Å². The Kier molecular flexibility index (Phi) is 2.88. The van der Waals surface area contributed by atoms with Crippen LogP contribution in [-0.4, -0.2) is 11.9 Å². The van der Waals surface area contributed by atoms with Crippen molar-refractivity contribution in [3.63, 3.8) is 0 Å². The molecule has 1 heterocycles. The van der Waals surface area contributed by atoms with Crippen molar-refractivity contribution in [2.75, 3.05) is 10.6 Å². The van der Waals surface area contributed by atoms with Crippen molar-refractivity contribution in [2.24, 2.45) is 5.92 Å². The molecule has 0 saturated heterocycles. The maximum atomic E-state index is 13.3. The largest absolute Gasteiger partial charge is 0.372 e. The number of carbonyl (C=O) groups excluding carboxylic acids is 1. The first kappa shape index (κ1) is 11.4. The van der Waals surface area contributed by atoms with Crippen LogP contribution < -0.4 is 10.6 Å². The van der Waals surface area contributed by atoms with E-state index >= 15 is 0 Å². The molecular formula is C11H12BrFN2O. The normalized spacial score (nSPS) is 19.1. The van der Waals surface area contributed by atoms with Gasteiger partial charge >= 0.3 is 0 Å². The van der Waals surface area contributed by atoms with Crippen molar-refractivity contribution in [2.45, 2.75) is 19.9 Å². The van der Waals surface area contributed by atoms with Gasteiger partial charge in [-0.1, -0.05) is 13.8 Å². The molecule has 0 bridgehead atoms. The summed E-state index contributed by atoms with van der Waals surface area (Å²) >= 11 is 3.12. The standard InChI is InChI=1S/C11H12BrFN2O/c1-5(2)10-11(16)15-9-4-7(13)6(12)3-8(9)14-10/h3-5,10,14H,1-2H3,(H,15,16). The third-order valence-corrected chi connectivity index (χ3v) is 3.19. The van der Waals surface area contributed by atoms with Gasteiger partial charge in [0.15, 0.2) is 0 Å². The molecule has 0 aliphatic carbocycles. The number of rotatable bonds is 1. The third-order valence-electron chi connectivity index (χ3n) is 2.58. The van der Waals surface area contributed by atoms with Crippen LogP contribution in [0, 0.1) is 11.7 Å². The summed E-state index contributed by atoms with van der Waals surface area (Å²) in [5.74, 6) is -0.329. The highest BCUT2D eigenvalue weighted by Crippen LogP contribution is 2.33. The number of hydrogen-bond acceptors (Lipinski definition) is 2. The fraction of sp³-hybridized carbons (Fsp3) is 0.364. The van der Waals surface area contributed by atoms with E-state index in [4.69, 9.17) is 0 Å². The lowest BCUT2D eigenvalue weighted by Gasteiger charge is -2.29. The Labute approximate surface area is 102 Å². The topological polar surface area (TPSA) is 41.1 Å². The second-order valence-electron chi connectivity index (χ2n) is 4.17. The zero-order chi connectivity index (χ0) is 11.9. The average molecular weight is 287 g/mol. The van der Waals surface area contributed by atoms with Crippen molar-refractivity contribution in [1.82, 2.24) is 0 Å². The first-order valence-electron chi connectivity index (χ1n) is 5.05. The Balaban J connectivity index is 2.39. The van der Waals surface area contributed by atoms with Crippen LogP contribution in [0.2, 0.25) is 0 Å². The SMILES string of the molecule is CC(C)C1Nc2cc(Br)c(F)cc2NC1=O. The molecule has 3 nitrogen and oxygen atoms in total. The van der Waals surface area contributed by atoms with Crippen molar-refractivity contribution in [3.8, 4) is 0 Å². The van der Waals surface area contributed by atoms with Crippen LogP contribution in [-0.2, 0) is 4.79 Å². The molecule has 0 spiro atoms. The Morgan fingerprint density at radius 2 is 2.06 bits per heavy atom. The van der Waals surface area contributed by atoms with Gasteiger partial charge in [-0.05, 0) is 27.9 Å². The first-order valence-corrected chi connectivity index (χ1v) is 5.85. The van der Waals surface area contributed by atoms with E-state index in [2.05, 4.69) is 26.6 Å². The summed E-state index contributed by atoms with van der Waals surface area (Å²) in [5, 5.41) is 5.80. The summed E-state index contributed by atoms with van der Waals surface area (Å²) in [6, 6.07) is 2.67. The summed E-state index contributed by atoms with van der Waals surface area (Å²) in [6.07, 6.45) is 0. The second-order valence-corrected chi connectivity index (χ2v) is 5.02. The molecule has 1 aromatic rings. The minimum absolute atomic E-state index is 0.121. The molecule has 1 aromatic carbocycles. The number of benzene rings is 1. The van der Waals surface area contributed by atoms with Crippen molar-refractivity contribution >= 4 is 33.2 Å². The molecule has 2 rings (SSSR count). The van der Waals surface area contributed by atoms with E-state index < -0.39 is 0 Å². The number of nitrogens with one attached hydrogen (secondary N) is 2. The van der Waals surface area contributed by atoms with Crippen LogP contribution in [0.4, 0.5) is 15.8 Å². The van der Waals surface area contributed by atoms with E-state index in [0.29, 0.717) is 10.2 Å². The lowest BCUT2D eigenvalue weighted by molar-refractivity contribution is -0.117. The highest BCUT2D eigenvalue weighted by molar-refractivity contribution is 9.10. The molecule has 0 aromatic heterocycles. The van der Waals surface area contributed by atoms with Crippen LogP contribution in [0.15, 0.2) is 16.6 Å². The van der Waals surface area contributed by atoms with Crippen LogP contribution in [0.25, 0.3) is 0 Å². The smallest absolute Gasteiger partial charge is 0.247 e. The van der Waals surface area contributed by atoms with Gasteiger partial charge in [0.2, 0.25) is 5.91 Å². The van der Waals surface area contributed by atoms with Gasteiger partial charge in [-0.3, -0.25) is 4.79 Å². The molecule has 2 N–H and O–H groups in total. The van der Waals surface area contributed by atoms with Crippen molar-refractivity contribution in [3.05, 3.63) is 22.4 Å². The monoisotopic (exact) mass is 286 g/mol. The molecular weight excluding hydrogens is 275 g/mol. The molecule has 1 amide bonds. The van der Waals surface area contributed by atoms with Gasteiger partial charge in [0, 0.05) is 6.07 Å². The summed E-state index contributed by atoms with van der Waals surface area (Å²) in [4.78, 5) is 11.7. The predicted molar refractivity (Wildman–Crippen MR) is 65.0 cm³/mol. The number of fused-ring (bicyclic) bond motifs is 1. The van der Waals surface area contributed by atoms with Gasteiger partial charge in [-0.25, -0.2) is 4.39 Å². The fourth-order valence-electron chi connectivity index (χ4n) is 1.68.